The Labute approximate surface area is 159 Å². The molecule has 7 heteroatoms. The van der Waals surface area contributed by atoms with E-state index in [2.05, 4.69) is 51.6 Å². The van der Waals surface area contributed by atoms with Gasteiger partial charge in [0, 0.05) is 12.6 Å². The third kappa shape index (κ3) is 4.36. The average molecular weight is 368 g/mol. The van der Waals surface area contributed by atoms with Crippen molar-refractivity contribution in [2.24, 2.45) is 0 Å². The largest absolute Gasteiger partial charge is 0.391 e. The van der Waals surface area contributed by atoms with Crippen molar-refractivity contribution in [2.75, 3.05) is 10.6 Å². The topological polar surface area (TPSA) is 87.9 Å². The lowest BCUT2D eigenvalue weighted by Crippen LogP contribution is -2.31. The first kappa shape index (κ1) is 19.1. The molecule has 144 valence electrons. The Hall–Kier alpha value is -2.67. The van der Waals surface area contributed by atoms with Crippen molar-refractivity contribution < 1.29 is 5.11 Å². The Morgan fingerprint density at radius 1 is 1.11 bits per heavy atom. The molecule has 2 aromatic heterocycles. The number of benzene rings is 1. The van der Waals surface area contributed by atoms with Crippen molar-refractivity contribution in [1.29, 1.82) is 0 Å². The summed E-state index contributed by atoms with van der Waals surface area (Å²) in [5, 5.41) is 16.6. The summed E-state index contributed by atoms with van der Waals surface area (Å²) in [5.74, 6) is 1.18. The Morgan fingerprint density at radius 3 is 2.48 bits per heavy atom. The number of aliphatic hydroxyl groups excluding tert-OH is 1. The van der Waals surface area contributed by atoms with Gasteiger partial charge in [-0.25, -0.2) is 4.98 Å². The molecule has 1 aromatic carbocycles. The first-order valence-electron chi connectivity index (χ1n) is 9.46. The lowest BCUT2D eigenvalue weighted by atomic mass is 10.1. The molecule has 0 fully saturated rings. The highest BCUT2D eigenvalue weighted by Gasteiger charge is 2.18. The van der Waals surface area contributed by atoms with Crippen LogP contribution in [-0.2, 0) is 6.54 Å². The summed E-state index contributed by atoms with van der Waals surface area (Å²) in [6.45, 7) is 8.63. The number of hydrogen-bond acceptors (Lipinski definition) is 6. The molecule has 0 aliphatic heterocycles. The van der Waals surface area contributed by atoms with Gasteiger partial charge in [-0.2, -0.15) is 9.97 Å². The van der Waals surface area contributed by atoms with Crippen LogP contribution in [0.2, 0.25) is 0 Å². The molecule has 2 atom stereocenters. The molecule has 0 spiro atoms. The van der Waals surface area contributed by atoms with Crippen molar-refractivity contribution >= 4 is 22.9 Å². The molecular weight excluding hydrogens is 340 g/mol. The Bertz CT molecular complexity index is 875. The molecule has 0 aliphatic carbocycles. The molecule has 0 saturated carbocycles. The summed E-state index contributed by atoms with van der Waals surface area (Å²) in [7, 11) is 0. The van der Waals surface area contributed by atoms with Crippen molar-refractivity contribution in [3.63, 3.8) is 0 Å². The van der Waals surface area contributed by atoms with E-state index in [4.69, 9.17) is 0 Å². The number of imidazole rings is 1. The monoisotopic (exact) mass is 368 g/mol. The van der Waals surface area contributed by atoms with Crippen molar-refractivity contribution in [3.8, 4) is 0 Å². The maximum atomic E-state index is 9.96. The van der Waals surface area contributed by atoms with Gasteiger partial charge in [0.15, 0.2) is 17.0 Å². The van der Waals surface area contributed by atoms with E-state index in [1.54, 1.807) is 13.3 Å². The highest BCUT2D eigenvalue weighted by Crippen LogP contribution is 2.24. The normalized spacial score (nSPS) is 13.7. The van der Waals surface area contributed by atoms with Gasteiger partial charge in [-0.3, -0.25) is 0 Å². The maximum absolute atomic E-state index is 9.96. The van der Waals surface area contributed by atoms with Crippen LogP contribution in [0.25, 0.3) is 11.2 Å². The zero-order chi connectivity index (χ0) is 19.4. The van der Waals surface area contributed by atoms with Crippen LogP contribution in [0, 0.1) is 0 Å². The summed E-state index contributed by atoms with van der Waals surface area (Å²) in [6.07, 6.45) is 2.08. The second-order valence-corrected chi connectivity index (χ2v) is 7.05. The summed E-state index contributed by atoms with van der Waals surface area (Å²) in [5.41, 5.74) is 2.69. The van der Waals surface area contributed by atoms with Crippen LogP contribution in [-0.4, -0.2) is 36.8 Å². The fraction of sp³-hybridized carbons (Fsp3) is 0.450. The molecule has 3 N–H and O–H groups in total. The van der Waals surface area contributed by atoms with Gasteiger partial charge < -0.3 is 20.3 Å². The lowest BCUT2D eigenvalue weighted by molar-refractivity contribution is 0.169. The Morgan fingerprint density at radius 2 is 1.85 bits per heavy atom. The number of aromatic nitrogens is 4. The zero-order valence-corrected chi connectivity index (χ0v) is 16.3. The van der Waals surface area contributed by atoms with E-state index in [-0.39, 0.29) is 12.1 Å². The minimum absolute atomic E-state index is 0.111. The summed E-state index contributed by atoms with van der Waals surface area (Å²) in [6, 6.07) is 10.3. The first-order chi connectivity index (χ1) is 13.0. The van der Waals surface area contributed by atoms with Crippen LogP contribution < -0.4 is 10.6 Å². The van der Waals surface area contributed by atoms with E-state index in [0.29, 0.717) is 18.3 Å². The highest BCUT2D eigenvalue weighted by atomic mass is 16.3. The van der Waals surface area contributed by atoms with Crippen LogP contribution in [0.15, 0.2) is 36.7 Å². The van der Waals surface area contributed by atoms with Crippen molar-refractivity contribution in [2.45, 2.75) is 58.8 Å². The van der Waals surface area contributed by atoms with Crippen LogP contribution in [0.1, 0.15) is 45.7 Å². The number of fused-ring (bicyclic) bond motifs is 1. The van der Waals surface area contributed by atoms with Crippen LogP contribution in [0.5, 0.6) is 0 Å². The third-order valence-corrected chi connectivity index (χ3v) is 4.62. The number of aliphatic hydroxyl groups is 1. The zero-order valence-electron chi connectivity index (χ0n) is 16.3. The molecule has 0 amide bonds. The Kier molecular flexibility index (Phi) is 5.91. The van der Waals surface area contributed by atoms with Crippen molar-refractivity contribution in [1.82, 2.24) is 19.5 Å². The summed E-state index contributed by atoms with van der Waals surface area (Å²) in [4.78, 5) is 13.8. The lowest BCUT2D eigenvalue weighted by Gasteiger charge is -2.20. The van der Waals surface area contributed by atoms with E-state index >= 15 is 0 Å². The molecule has 3 rings (SSSR count). The maximum Gasteiger partial charge on any atom is 0.227 e. The van der Waals surface area contributed by atoms with Crippen LogP contribution >= 0.6 is 0 Å². The van der Waals surface area contributed by atoms with E-state index in [0.717, 1.165) is 23.1 Å². The molecule has 7 nitrogen and oxygen atoms in total. The van der Waals surface area contributed by atoms with Gasteiger partial charge in [0.25, 0.3) is 0 Å². The van der Waals surface area contributed by atoms with Gasteiger partial charge in [-0.1, -0.05) is 37.3 Å². The molecule has 0 saturated heterocycles. The van der Waals surface area contributed by atoms with Gasteiger partial charge in [-0.15, -0.1) is 0 Å². The number of nitrogens with one attached hydrogen (secondary N) is 2. The van der Waals surface area contributed by atoms with Gasteiger partial charge in [-0.05, 0) is 32.8 Å². The number of hydrogen-bond donors (Lipinski definition) is 3. The van der Waals surface area contributed by atoms with E-state index in [9.17, 15) is 5.11 Å². The van der Waals surface area contributed by atoms with E-state index < -0.39 is 6.10 Å². The van der Waals surface area contributed by atoms with Gasteiger partial charge >= 0.3 is 0 Å². The fourth-order valence-electron chi connectivity index (χ4n) is 2.99. The average Bonchev–Trinajstić information content (AvgIpc) is 3.09. The second kappa shape index (κ2) is 8.35. The minimum atomic E-state index is -0.495. The van der Waals surface area contributed by atoms with Crippen LogP contribution in [0.4, 0.5) is 11.8 Å². The number of nitrogens with zero attached hydrogens (tertiary/aromatic N) is 4. The molecule has 2 heterocycles. The molecule has 1 unspecified atom stereocenters. The molecule has 0 bridgehead atoms. The summed E-state index contributed by atoms with van der Waals surface area (Å²) < 4.78 is 2.03. The Balaban J connectivity index is 1.96. The molecular formula is C20H28N6O. The second-order valence-electron chi connectivity index (χ2n) is 7.05. The van der Waals surface area contributed by atoms with Gasteiger partial charge in [0.2, 0.25) is 5.95 Å². The predicted octanol–water partition coefficient (Wildman–Crippen LogP) is 3.59. The van der Waals surface area contributed by atoms with Gasteiger partial charge in [0.1, 0.15) is 0 Å². The molecule has 0 radical (unpaired) electrons. The fourth-order valence-corrected chi connectivity index (χ4v) is 2.99. The molecule has 27 heavy (non-hydrogen) atoms. The van der Waals surface area contributed by atoms with E-state index in [1.165, 1.54) is 0 Å². The minimum Gasteiger partial charge on any atom is -0.391 e. The summed E-state index contributed by atoms with van der Waals surface area (Å²) >= 11 is 0. The smallest absolute Gasteiger partial charge is 0.227 e. The third-order valence-electron chi connectivity index (χ3n) is 4.62. The van der Waals surface area contributed by atoms with E-state index in [1.807, 2.05) is 29.7 Å². The predicted molar refractivity (Wildman–Crippen MR) is 109 cm³/mol. The highest BCUT2D eigenvalue weighted by molar-refractivity contribution is 5.84. The standard InChI is InChI=1S/C20H28N6O/c1-5-16(14(4)27)23-20-24-18(21-11-15-9-7-6-8-10-15)17-19(25-20)26(12-22-17)13(2)3/h6-10,12-14,16,27H,5,11H2,1-4H3,(H2,21,23,24,25)/t14?,16-/m0/s1. The van der Waals surface area contributed by atoms with Crippen LogP contribution in [0.3, 0.4) is 0 Å². The first-order valence-corrected chi connectivity index (χ1v) is 9.46. The SMILES string of the molecule is CC[C@H](Nc1nc(NCc2ccccc2)c2ncn(C(C)C)c2n1)C(C)O. The van der Waals surface area contributed by atoms with Crippen molar-refractivity contribution in [3.05, 3.63) is 42.2 Å². The number of anilines is 2. The quantitative estimate of drug-likeness (QED) is 0.563. The van der Waals surface area contributed by atoms with Gasteiger partial charge in [0.05, 0.1) is 18.5 Å². The number of rotatable bonds is 8. The molecule has 3 aromatic rings. The molecule has 0 aliphatic rings.